The van der Waals surface area contributed by atoms with Crippen LogP contribution in [0.5, 0.6) is 0 Å². The summed E-state index contributed by atoms with van der Waals surface area (Å²) in [5.41, 5.74) is 1.48. The van der Waals surface area contributed by atoms with Gasteiger partial charge in [0.05, 0.1) is 0 Å². The Labute approximate surface area is 145 Å². The number of hydrogen-bond donors (Lipinski definition) is 0. The summed E-state index contributed by atoms with van der Waals surface area (Å²) < 4.78 is 24.2. The molecule has 0 saturated heterocycles. The Bertz CT molecular complexity index is 301. The maximum Gasteiger partial charge on any atom is 0.342 e. The number of unbranched alkanes of at least 4 members (excludes halogenated alkanes) is 3. The Balaban J connectivity index is 2.82. The monoisotopic (exact) mass is 362 g/mol. The summed E-state index contributed by atoms with van der Waals surface area (Å²) >= 11 is 0. The quantitative estimate of drug-likeness (QED) is 0.365. The van der Waals surface area contributed by atoms with Crippen LogP contribution < -0.4 is 0 Å². The van der Waals surface area contributed by atoms with Gasteiger partial charge in [-0.05, 0) is 18.9 Å². The van der Waals surface area contributed by atoms with Gasteiger partial charge >= 0.3 is 17.1 Å². The standard InChI is InChI=1S/C17H38O4Si2/c1-6-7-8-12-15-22(18-2,19-3)16-23(20-4,21-5)17-13-10-9-11-14-17/h17H,6-16H2,1-5H3. The average molecular weight is 363 g/mol. The van der Waals surface area contributed by atoms with Gasteiger partial charge in [-0.3, -0.25) is 0 Å². The highest BCUT2D eigenvalue weighted by Gasteiger charge is 2.53. The Kier molecular flexibility index (Phi) is 10.2. The van der Waals surface area contributed by atoms with Crippen molar-refractivity contribution in [2.24, 2.45) is 0 Å². The van der Waals surface area contributed by atoms with Crippen molar-refractivity contribution in [1.29, 1.82) is 0 Å². The average Bonchev–Trinajstić information content (AvgIpc) is 2.63. The van der Waals surface area contributed by atoms with Crippen LogP contribution in [0.1, 0.15) is 64.7 Å². The van der Waals surface area contributed by atoms with Gasteiger partial charge < -0.3 is 17.7 Å². The molecule has 1 fully saturated rings. The van der Waals surface area contributed by atoms with Crippen LogP contribution in [0.3, 0.4) is 0 Å². The van der Waals surface area contributed by atoms with Gasteiger partial charge in [0.15, 0.2) is 0 Å². The van der Waals surface area contributed by atoms with E-state index in [-0.39, 0.29) is 0 Å². The zero-order chi connectivity index (χ0) is 17.2. The summed E-state index contributed by atoms with van der Waals surface area (Å²) in [5.74, 6) is 0. The molecule has 23 heavy (non-hydrogen) atoms. The van der Waals surface area contributed by atoms with Crippen molar-refractivity contribution >= 4 is 17.1 Å². The fourth-order valence-corrected chi connectivity index (χ4v) is 14.6. The second kappa shape index (κ2) is 11.0. The summed E-state index contributed by atoms with van der Waals surface area (Å²) in [7, 11) is 2.80. The third-order valence-corrected chi connectivity index (χ3v) is 15.5. The Morgan fingerprint density at radius 2 is 1.39 bits per heavy atom. The number of rotatable bonds is 12. The first kappa shape index (κ1) is 21.3. The van der Waals surface area contributed by atoms with Gasteiger partial charge in [-0.25, -0.2) is 0 Å². The minimum absolute atomic E-state index is 0.582. The first-order chi connectivity index (χ1) is 11.1. The predicted octanol–water partition coefficient (Wildman–Crippen LogP) is 4.91. The lowest BCUT2D eigenvalue weighted by atomic mass is 10.0. The van der Waals surface area contributed by atoms with E-state index in [2.05, 4.69) is 6.92 Å². The molecule has 0 aliphatic heterocycles. The minimum Gasteiger partial charge on any atom is -0.398 e. The molecular weight excluding hydrogens is 324 g/mol. The molecule has 6 heteroatoms. The van der Waals surface area contributed by atoms with Gasteiger partial charge in [-0.2, -0.15) is 0 Å². The van der Waals surface area contributed by atoms with E-state index in [0.717, 1.165) is 11.7 Å². The normalized spacial score (nSPS) is 17.6. The van der Waals surface area contributed by atoms with E-state index in [1.54, 1.807) is 0 Å². The Hall–Kier alpha value is 0.274. The van der Waals surface area contributed by atoms with Crippen LogP contribution in [0.15, 0.2) is 0 Å². The Morgan fingerprint density at radius 3 is 1.87 bits per heavy atom. The molecule has 0 radical (unpaired) electrons. The van der Waals surface area contributed by atoms with Crippen molar-refractivity contribution in [3.8, 4) is 0 Å². The topological polar surface area (TPSA) is 36.9 Å². The molecule has 0 spiro atoms. The van der Waals surface area contributed by atoms with Gasteiger partial charge in [-0.1, -0.05) is 51.9 Å². The molecule has 0 N–H and O–H groups in total. The lowest BCUT2D eigenvalue weighted by molar-refractivity contribution is 0.202. The third-order valence-electron chi connectivity index (χ3n) is 5.59. The highest BCUT2D eigenvalue weighted by Crippen LogP contribution is 2.42. The summed E-state index contributed by atoms with van der Waals surface area (Å²) in [4.78, 5) is 0. The fourth-order valence-electron chi connectivity index (χ4n) is 3.96. The molecule has 0 amide bonds. The predicted molar refractivity (Wildman–Crippen MR) is 100 cm³/mol. The largest absolute Gasteiger partial charge is 0.398 e. The molecular formula is C17H38O4Si2. The van der Waals surface area contributed by atoms with E-state index >= 15 is 0 Å². The smallest absolute Gasteiger partial charge is 0.342 e. The van der Waals surface area contributed by atoms with Crippen molar-refractivity contribution < 1.29 is 17.7 Å². The zero-order valence-electron chi connectivity index (χ0n) is 16.0. The molecule has 1 aliphatic rings. The lowest BCUT2D eigenvalue weighted by Crippen LogP contribution is -2.56. The fraction of sp³-hybridized carbons (Fsp3) is 1.00. The van der Waals surface area contributed by atoms with Crippen LogP contribution in [0.2, 0.25) is 17.3 Å². The first-order valence-corrected chi connectivity index (χ1v) is 13.7. The van der Waals surface area contributed by atoms with E-state index < -0.39 is 17.1 Å². The molecule has 0 atom stereocenters. The van der Waals surface area contributed by atoms with Gasteiger partial charge in [0, 0.05) is 39.6 Å². The number of hydrogen-bond acceptors (Lipinski definition) is 4. The molecule has 0 aromatic rings. The van der Waals surface area contributed by atoms with Gasteiger partial charge in [0.2, 0.25) is 0 Å². The van der Waals surface area contributed by atoms with E-state index in [1.807, 2.05) is 28.4 Å². The van der Waals surface area contributed by atoms with Crippen molar-refractivity contribution in [2.45, 2.75) is 82.0 Å². The lowest BCUT2D eigenvalue weighted by Gasteiger charge is -2.41. The highest BCUT2D eigenvalue weighted by atomic mass is 28.4. The summed E-state index contributed by atoms with van der Waals surface area (Å²) in [6, 6.07) is 1.05. The van der Waals surface area contributed by atoms with Gasteiger partial charge in [0.1, 0.15) is 0 Å². The molecule has 1 rings (SSSR count). The molecule has 0 bridgehead atoms. The molecule has 138 valence electrons. The van der Waals surface area contributed by atoms with Gasteiger partial charge in [-0.15, -0.1) is 0 Å². The van der Waals surface area contributed by atoms with E-state index in [1.165, 1.54) is 57.8 Å². The zero-order valence-corrected chi connectivity index (χ0v) is 18.0. The van der Waals surface area contributed by atoms with E-state index in [9.17, 15) is 0 Å². The van der Waals surface area contributed by atoms with Crippen molar-refractivity contribution in [1.82, 2.24) is 0 Å². The molecule has 0 unspecified atom stereocenters. The molecule has 1 saturated carbocycles. The molecule has 4 nitrogen and oxygen atoms in total. The third kappa shape index (κ3) is 5.94. The van der Waals surface area contributed by atoms with Gasteiger partial charge in [0.25, 0.3) is 0 Å². The molecule has 0 aromatic heterocycles. The minimum atomic E-state index is -2.28. The van der Waals surface area contributed by atoms with Crippen LogP contribution >= 0.6 is 0 Å². The molecule has 0 heterocycles. The van der Waals surface area contributed by atoms with Crippen molar-refractivity contribution in [3.05, 3.63) is 0 Å². The highest BCUT2D eigenvalue weighted by molar-refractivity contribution is 6.86. The van der Waals surface area contributed by atoms with Crippen molar-refractivity contribution in [3.63, 3.8) is 0 Å². The van der Waals surface area contributed by atoms with Crippen LogP contribution in [0.4, 0.5) is 0 Å². The van der Waals surface area contributed by atoms with Crippen LogP contribution in [-0.2, 0) is 17.7 Å². The van der Waals surface area contributed by atoms with Crippen LogP contribution in [-0.4, -0.2) is 45.6 Å². The summed E-state index contributed by atoms with van der Waals surface area (Å²) in [6.07, 6.45) is 11.4. The maximum atomic E-state index is 6.10. The second-order valence-electron chi connectivity index (χ2n) is 6.86. The summed E-state index contributed by atoms with van der Waals surface area (Å²) in [6.45, 7) is 2.24. The molecule has 1 aliphatic carbocycles. The van der Waals surface area contributed by atoms with Crippen LogP contribution in [0.25, 0.3) is 0 Å². The van der Waals surface area contributed by atoms with Crippen molar-refractivity contribution in [2.75, 3.05) is 28.4 Å². The van der Waals surface area contributed by atoms with E-state index in [0.29, 0.717) is 5.54 Å². The first-order valence-electron chi connectivity index (χ1n) is 9.32. The SMILES string of the molecule is CCCCCC[Si](C[Si](OC)(OC)C1CCCCC1)(OC)OC. The maximum absolute atomic E-state index is 6.10. The summed E-state index contributed by atoms with van der Waals surface area (Å²) in [5, 5.41) is 0. The second-order valence-corrected chi connectivity index (χ2v) is 14.7. The van der Waals surface area contributed by atoms with E-state index in [4.69, 9.17) is 17.7 Å². The Morgan fingerprint density at radius 1 is 0.783 bits per heavy atom. The van der Waals surface area contributed by atoms with Crippen LogP contribution in [0, 0.1) is 0 Å². The molecule has 0 aromatic carbocycles.